The second-order valence-corrected chi connectivity index (χ2v) is 6.26. The van der Waals surface area contributed by atoms with Gasteiger partial charge in [-0.15, -0.1) is 0 Å². The second kappa shape index (κ2) is 7.83. The lowest BCUT2D eigenvalue weighted by Gasteiger charge is -2.31. The number of nitrogens with zero attached hydrogens (tertiary/aromatic N) is 1. The maximum Gasteiger partial charge on any atom is 0.314 e. The number of carbonyl (C=O) groups excluding carboxylic acids is 2. The number of amides is 2. The molecular weight excluding hydrogens is 316 g/mol. The number of esters is 1. The summed E-state index contributed by atoms with van der Waals surface area (Å²) >= 11 is 0. The first-order chi connectivity index (χ1) is 12.1. The number of nitrogens with two attached hydrogens (primary N) is 1. The van der Waals surface area contributed by atoms with Crippen LogP contribution in [-0.2, 0) is 9.53 Å². The van der Waals surface area contributed by atoms with Gasteiger partial charge in [-0.25, -0.2) is 4.79 Å². The molecule has 2 aromatic rings. The van der Waals surface area contributed by atoms with E-state index >= 15 is 0 Å². The van der Waals surface area contributed by atoms with E-state index in [-0.39, 0.29) is 11.9 Å². The highest BCUT2D eigenvalue weighted by Crippen LogP contribution is 2.28. The number of carbonyl (C=O) groups is 2. The van der Waals surface area contributed by atoms with Crippen LogP contribution < -0.4 is 5.73 Å². The number of rotatable bonds is 4. The van der Waals surface area contributed by atoms with Gasteiger partial charge in [0.25, 0.3) is 0 Å². The minimum Gasteiger partial charge on any atom is -0.452 e. The van der Waals surface area contributed by atoms with E-state index < -0.39 is 12.1 Å². The number of hydrogen-bond donors (Lipinski definition) is 1. The summed E-state index contributed by atoms with van der Waals surface area (Å²) in [5.74, 6) is -0.625. The molecule has 1 saturated heterocycles. The highest BCUT2D eigenvalue weighted by Gasteiger charge is 2.31. The van der Waals surface area contributed by atoms with E-state index in [0.717, 1.165) is 17.5 Å². The molecule has 3 rings (SSSR count). The van der Waals surface area contributed by atoms with Crippen molar-refractivity contribution in [1.82, 2.24) is 4.90 Å². The van der Waals surface area contributed by atoms with Crippen LogP contribution in [-0.4, -0.2) is 30.0 Å². The van der Waals surface area contributed by atoms with E-state index in [0.29, 0.717) is 19.5 Å². The molecule has 25 heavy (non-hydrogen) atoms. The van der Waals surface area contributed by atoms with E-state index in [4.69, 9.17) is 10.5 Å². The first-order valence-electron chi connectivity index (χ1n) is 8.50. The van der Waals surface area contributed by atoms with Crippen LogP contribution in [0, 0.1) is 5.92 Å². The summed E-state index contributed by atoms with van der Waals surface area (Å²) in [6.07, 6.45) is 1.00. The highest BCUT2D eigenvalue weighted by molar-refractivity contribution is 5.76. The van der Waals surface area contributed by atoms with Gasteiger partial charge in [0, 0.05) is 13.1 Å². The molecule has 1 aliphatic heterocycles. The Balaban J connectivity index is 1.78. The minimum atomic E-state index is -0.486. The van der Waals surface area contributed by atoms with Gasteiger partial charge in [-0.1, -0.05) is 60.7 Å². The van der Waals surface area contributed by atoms with Crippen LogP contribution in [0.25, 0.3) is 0 Å². The van der Waals surface area contributed by atoms with Crippen LogP contribution in [0.15, 0.2) is 60.7 Å². The fourth-order valence-electron chi connectivity index (χ4n) is 3.17. The summed E-state index contributed by atoms with van der Waals surface area (Å²) in [5.41, 5.74) is 7.19. The quantitative estimate of drug-likeness (QED) is 0.871. The number of benzene rings is 2. The molecule has 0 saturated carbocycles. The molecule has 0 aliphatic carbocycles. The minimum absolute atomic E-state index is 0.288. The van der Waals surface area contributed by atoms with Gasteiger partial charge in [0.1, 0.15) is 0 Å². The number of piperidine rings is 1. The van der Waals surface area contributed by atoms with Gasteiger partial charge in [0.2, 0.25) is 0 Å². The summed E-state index contributed by atoms with van der Waals surface area (Å²) in [7, 11) is 0. The topological polar surface area (TPSA) is 72.6 Å². The largest absolute Gasteiger partial charge is 0.452 e. The third-order valence-electron chi connectivity index (χ3n) is 4.51. The van der Waals surface area contributed by atoms with E-state index in [9.17, 15) is 9.59 Å². The number of ether oxygens (including phenoxy) is 1. The van der Waals surface area contributed by atoms with Crippen molar-refractivity contribution in [3.05, 3.63) is 71.8 Å². The van der Waals surface area contributed by atoms with Crippen LogP contribution in [0.5, 0.6) is 0 Å². The zero-order valence-electron chi connectivity index (χ0n) is 14.0. The zero-order valence-corrected chi connectivity index (χ0v) is 14.0. The van der Waals surface area contributed by atoms with Crippen molar-refractivity contribution in [2.75, 3.05) is 13.1 Å². The molecule has 0 aromatic heterocycles. The fourth-order valence-corrected chi connectivity index (χ4v) is 3.17. The molecule has 0 spiro atoms. The van der Waals surface area contributed by atoms with Crippen molar-refractivity contribution in [2.45, 2.75) is 18.9 Å². The Labute approximate surface area is 147 Å². The lowest BCUT2D eigenvalue weighted by molar-refractivity contribution is -0.154. The normalized spacial score (nSPS) is 17.3. The van der Waals surface area contributed by atoms with E-state index in [1.165, 1.54) is 4.90 Å². The smallest absolute Gasteiger partial charge is 0.314 e. The third kappa shape index (κ3) is 4.18. The number of primary amides is 1. The fraction of sp³-hybridized carbons (Fsp3) is 0.300. The van der Waals surface area contributed by atoms with Crippen molar-refractivity contribution >= 4 is 12.0 Å². The van der Waals surface area contributed by atoms with Gasteiger partial charge in [0.05, 0.1) is 5.92 Å². The number of hydrogen-bond acceptors (Lipinski definition) is 3. The lowest BCUT2D eigenvalue weighted by atomic mass is 9.97. The average Bonchev–Trinajstić information content (AvgIpc) is 2.67. The zero-order chi connectivity index (χ0) is 17.6. The lowest BCUT2D eigenvalue weighted by Crippen LogP contribution is -2.45. The van der Waals surface area contributed by atoms with Crippen molar-refractivity contribution in [3.8, 4) is 0 Å². The average molecular weight is 338 g/mol. The van der Waals surface area contributed by atoms with Crippen LogP contribution in [0.3, 0.4) is 0 Å². The van der Waals surface area contributed by atoms with Gasteiger partial charge in [-0.05, 0) is 24.0 Å². The molecule has 0 unspecified atom stereocenters. The van der Waals surface area contributed by atoms with Gasteiger partial charge >= 0.3 is 12.0 Å². The summed E-state index contributed by atoms with van der Waals surface area (Å²) in [6, 6.07) is 18.9. The maximum absolute atomic E-state index is 12.7. The molecule has 2 N–H and O–H groups in total. The standard InChI is InChI=1S/C20H22N2O3/c21-20(24)22-13-7-12-17(14-22)19(23)25-18(15-8-3-1-4-9-15)16-10-5-2-6-11-16/h1-6,8-11,17-18H,7,12-14H2,(H2,21,24)/t17-/m0/s1. The molecule has 2 aromatic carbocycles. The predicted octanol–water partition coefficient (Wildman–Crippen LogP) is 3.11. The van der Waals surface area contributed by atoms with Crippen molar-refractivity contribution in [2.24, 2.45) is 11.7 Å². The molecule has 0 radical (unpaired) electrons. The van der Waals surface area contributed by atoms with Gasteiger partial charge in [-0.2, -0.15) is 0 Å². The van der Waals surface area contributed by atoms with Gasteiger partial charge in [0.15, 0.2) is 6.10 Å². The van der Waals surface area contributed by atoms with Crippen molar-refractivity contribution < 1.29 is 14.3 Å². The molecule has 2 amide bonds. The summed E-state index contributed by atoms with van der Waals surface area (Å²) in [5, 5.41) is 0. The molecule has 130 valence electrons. The van der Waals surface area contributed by atoms with E-state index in [1.54, 1.807) is 0 Å². The second-order valence-electron chi connectivity index (χ2n) is 6.26. The first-order valence-corrected chi connectivity index (χ1v) is 8.50. The van der Waals surface area contributed by atoms with Crippen LogP contribution in [0.1, 0.15) is 30.1 Å². The Morgan fingerprint density at radius 3 is 2.08 bits per heavy atom. The first kappa shape index (κ1) is 17.0. The number of urea groups is 1. The summed E-state index contributed by atoms with van der Waals surface area (Å²) in [4.78, 5) is 25.6. The van der Waals surface area contributed by atoms with E-state index in [2.05, 4.69) is 0 Å². The Kier molecular flexibility index (Phi) is 5.33. The Morgan fingerprint density at radius 1 is 1.00 bits per heavy atom. The van der Waals surface area contributed by atoms with Crippen molar-refractivity contribution in [3.63, 3.8) is 0 Å². The molecule has 1 fully saturated rings. The monoisotopic (exact) mass is 338 g/mol. The third-order valence-corrected chi connectivity index (χ3v) is 4.51. The molecular formula is C20H22N2O3. The Morgan fingerprint density at radius 2 is 1.56 bits per heavy atom. The molecule has 1 heterocycles. The molecule has 1 aliphatic rings. The van der Waals surface area contributed by atoms with E-state index in [1.807, 2.05) is 60.7 Å². The Hall–Kier alpha value is -2.82. The van der Waals surface area contributed by atoms with Crippen molar-refractivity contribution in [1.29, 1.82) is 0 Å². The molecule has 0 bridgehead atoms. The predicted molar refractivity (Wildman–Crippen MR) is 94.7 cm³/mol. The molecule has 1 atom stereocenters. The summed E-state index contributed by atoms with van der Waals surface area (Å²) in [6.45, 7) is 0.921. The Bertz CT molecular complexity index is 679. The molecule has 5 heteroatoms. The van der Waals surface area contributed by atoms with Crippen LogP contribution in [0.4, 0.5) is 4.79 Å². The SMILES string of the molecule is NC(=O)N1CCC[C@H](C(=O)OC(c2ccccc2)c2ccccc2)C1. The molecule has 5 nitrogen and oxygen atoms in total. The van der Waals surface area contributed by atoms with Crippen LogP contribution >= 0.6 is 0 Å². The van der Waals surface area contributed by atoms with Crippen LogP contribution in [0.2, 0.25) is 0 Å². The number of likely N-dealkylation sites (tertiary alicyclic amines) is 1. The highest BCUT2D eigenvalue weighted by atomic mass is 16.5. The summed E-state index contributed by atoms with van der Waals surface area (Å²) < 4.78 is 5.87. The van der Waals surface area contributed by atoms with Gasteiger partial charge in [-0.3, -0.25) is 4.79 Å². The maximum atomic E-state index is 12.7. The van der Waals surface area contributed by atoms with Gasteiger partial charge < -0.3 is 15.4 Å².